The maximum absolute atomic E-state index is 13.4. The van der Waals surface area contributed by atoms with Crippen LogP contribution in [0, 0.1) is 17.2 Å². The second-order valence-electron chi connectivity index (χ2n) is 9.18. The summed E-state index contributed by atoms with van der Waals surface area (Å²) >= 11 is 0. The van der Waals surface area contributed by atoms with Gasteiger partial charge in [-0.2, -0.15) is 10.4 Å². The van der Waals surface area contributed by atoms with Crippen LogP contribution in [0.15, 0.2) is 24.3 Å². The van der Waals surface area contributed by atoms with Crippen LogP contribution in [-0.4, -0.2) is 45.6 Å². The molecule has 2 aliphatic rings. The highest BCUT2D eigenvalue weighted by atomic mass is 16.2. The average molecular weight is 420 g/mol. The number of carbonyl (C=O) groups excluding carboxylic acids is 2. The summed E-state index contributed by atoms with van der Waals surface area (Å²) in [6.07, 6.45) is 2.10. The van der Waals surface area contributed by atoms with E-state index in [0.717, 1.165) is 29.7 Å². The number of rotatable bonds is 6. The fraction of sp³-hybridized carbons (Fsp3) is 0.500. The van der Waals surface area contributed by atoms with Crippen molar-refractivity contribution in [3.05, 3.63) is 41.1 Å². The number of hydrogen-bond acceptors (Lipinski definition) is 4. The molecular formula is C24H29N5O2. The molecule has 1 saturated carbocycles. The molecule has 2 aromatic rings. The minimum absolute atomic E-state index is 0.0314. The first-order chi connectivity index (χ1) is 14.8. The number of amides is 2. The van der Waals surface area contributed by atoms with Gasteiger partial charge in [0, 0.05) is 36.2 Å². The van der Waals surface area contributed by atoms with Crippen LogP contribution in [0.1, 0.15) is 74.1 Å². The summed E-state index contributed by atoms with van der Waals surface area (Å²) in [4.78, 5) is 27.3. The molecular weight excluding hydrogens is 390 g/mol. The van der Waals surface area contributed by atoms with Crippen molar-refractivity contribution in [3.63, 3.8) is 0 Å². The van der Waals surface area contributed by atoms with E-state index in [1.807, 2.05) is 44.5 Å². The van der Waals surface area contributed by atoms with E-state index in [9.17, 15) is 9.59 Å². The topological polar surface area (TPSA) is 91.0 Å². The minimum Gasteiger partial charge on any atom is -0.344 e. The molecule has 2 amide bonds. The van der Waals surface area contributed by atoms with Crippen molar-refractivity contribution in [2.75, 3.05) is 13.1 Å². The van der Waals surface area contributed by atoms with Gasteiger partial charge in [-0.1, -0.05) is 26.0 Å². The minimum atomic E-state index is -0.121. The number of nitriles is 1. The maximum atomic E-state index is 13.4. The van der Waals surface area contributed by atoms with E-state index in [1.54, 1.807) is 17.0 Å². The first kappa shape index (κ1) is 21.1. The van der Waals surface area contributed by atoms with Crippen LogP contribution in [0.25, 0.3) is 11.3 Å². The molecule has 7 heteroatoms. The van der Waals surface area contributed by atoms with E-state index < -0.39 is 0 Å². The van der Waals surface area contributed by atoms with Gasteiger partial charge in [0.25, 0.3) is 5.91 Å². The van der Waals surface area contributed by atoms with Crippen LogP contribution < -0.4 is 5.32 Å². The quantitative estimate of drug-likeness (QED) is 0.776. The van der Waals surface area contributed by atoms with Gasteiger partial charge in [-0.05, 0) is 44.7 Å². The van der Waals surface area contributed by atoms with Crippen LogP contribution in [0.3, 0.4) is 0 Å². The highest BCUT2D eigenvalue weighted by Gasteiger charge is 2.38. The normalized spacial score (nSPS) is 16.4. The first-order valence-electron chi connectivity index (χ1n) is 11.0. The van der Waals surface area contributed by atoms with Crippen LogP contribution in [0.4, 0.5) is 0 Å². The Hall–Kier alpha value is -3.14. The summed E-state index contributed by atoms with van der Waals surface area (Å²) < 4.78 is 1.83. The number of benzene rings is 1. The van der Waals surface area contributed by atoms with Crippen molar-refractivity contribution in [1.29, 1.82) is 5.26 Å². The Bertz CT molecular complexity index is 1040. The van der Waals surface area contributed by atoms with Crippen molar-refractivity contribution in [2.24, 2.45) is 5.92 Å². The van der Waals surface area contributed by atoms with E-state index in [2.05, 4.69) is 11.4 Å². The SMILES string of the molecule is CC(C)C(=O)N1CC(NC(=O)c2c(C3CC3)c(-c3ccc(C#N)cc3)nn2C(C)C)C1. The lowest BCUT2D eigenvalue weighted by molar-refractivity contribution is -0.139. The Kier molecular flexibility index (Phi) is 5.57. The third-order valence-corrected chi connectivity index (χ3v) is 5.95. The zero-order valence-corrected chi connectivity index (χ0v) is 18.6. The Balaban J connectivity index is 1.62. The lowest BCUT2D eigenvalue weighted by Gasteiger charge is -2.40. The monoisotopic (exact) mass is 419 g/mol. The van der Waals surface area contributed by atoms with Crippen LogP contribution >= 0.6 is 0 Å². The Morgan fingerprint density at radius 2 is 1.77 bits per heavy atom. The molecule has 162 valence electrons. The zero-order valence-electron chi connectivity index (χ0n) is 18.6. The highest BCUT2D eigenvalue weighted by Crippen LogP contribution is 2.46. The van der Waals surface area contributed by atoms with Crippen molar-refractivity contribution in [1.82, 2.24) is 20.0 Å². The molecule has 1 saturated heterocycles. The molecule has 7 nitrogen and oxygen atoms in total. The largest absolute Gasteiger partial charge is 0.344 e. The predicted octanol–water partition coefficient (Wildman–Crippen LogP) is 3.48. The van der Waals surface area contributed by atoms with E-state index >= 15 is 0 Å². The van der Waals surface area contributed by atoms with Crippen molar-refractivity contribution in [2.45, 2.75) is 58.5 Å². The molecule has 2 fully saturated rings. The van der Waals surface area contributed by atoms with Gasteiger partial charge in [0.2, 0.25) is 5.91 Å². The van der Waals surface area contributed by atoms with Crippen molar-refractivity contribution in [3.8, 4) is 17.3 Å². The molecule has 0 atom stereocenters. The van der Waals surface area contributed by atoms with E-state index in [4.69, 9.17) is 10.4 Å². The smallest absolute Gasteiger partial charge is 0.270 e. The summed E-state index contributed by atoms with van der Waals surface area (Å²) in [6.45, 7) is 8.94. The zero-order chi connectivity index (χ0) is 22.3. The number of carbonyl (C=O) groups is 2. The molecule has 4 rings (SSSR count). The lowest BCUT2D eigenvalue weighted by atomic mass is 10.00. The summed E-state index contributed by atoms with van der Waals surface area (Å²) in [5.41, 5.74) is 3.99. The van der Waals surface area contributed by atoms with Crippen LogP contribution in [0.2, 0.25) is 0 Å². The first-order valence-corrected chi connectivity index (χ1v) is 11.0. The van der Waals surface area contributed by atoms with Gasteiger partial charge >= 0.3 is 0 Å². The summed E-state index contributed by atoms with van der Waals surface area (Å²) in [7, 11) is 0. The van der Waals surface area contributed by atoms with Crippen LogP contribution in [-0.2, 0) is 4.79 Å². The molecule has 1 aromatic heterocycles. The molecule has 0 bridgehead atoms. The number of likely N-dealkylation sites (tertiary alicyclic amines) is 1. The maximum Gasteiger partial charge on any atom is 0.270 e. The van der Waals surface area contributed by atoms with E-state index in [0.29, 0.717) is 30.3 Å². The summed E-state index contributed by atoms with van der Waals surface area (Å²) in [5, 5.41) is 17.1. The van der Waals surface area contributed by atoms with Gasteiger partial charge in [0.1, 0.15) is 5.69 Å². The summed E-state index contributed by atoms with van der Waals surface area (Å²) in [5.74, 6) is 0.305. The third kappa shape index (κ3) is 4.07. The molecule has 0 spiro atoms. The second kappa shape index (κ2) is 8.18. The molecule has 2 heterocycles. The Morgan fingerprint density at radius 1 is 1.13 bits per heavy atom. The molecule has 1 N–H and O–H groups in total. The van der Waals surface area contributed by atoms with E-state index in [1.165, 1.54) is 0 Å². The van der Waals surface area contributed by atoms with Gasteiger partial charge in [-0.3, -0.25) is 14.3 Å². The molecule has 0 unspecified atom stereocenters. The van der Waals surface area contributed by atoms with Gasteiger partial charge in [-0.25, -0.2) is 0 Å². The Labute approximate surface area is 183 Å². The predicted molar refractivity (Wildman–Crippen MR) is 117 cm³/mol. The fourth-order valence-electron chi connectivity index (χ4n) is 4.09. The second-order valence-corrected chi connectivity index (χ2v) is 9.18. The standard InChI is InChI=1S/C24H29N5O2/c1-14(2)24(31)28-12-19(13-28)26-23(30)22-20(17-9-10-17)21(27-29(22)15(3)4)18-7-5-16(11-25)6-8-18/h5-8,14-15,17,19H,9-10,12-13H2,1-4H3,(H,26,30). The number of nitrogens with zero attached hydrogens (tertiary/aromatic N) is 4. The fourth-order valence-corrected chi connectivity index (χ4v) is 4.09. The van der Waals surface area contributed by atoms with E-state index in [-0.39, 0.29) is 29.8 Å². The van der Waals surface area contributed by atoms with Crippen LogP contribution in [0.5, 0.6) is 0 Å². The van der Waals surface area contributed by atoms with Gasteiger partial charge in [0.05, 0.1) is 23.4 Å². The molecule has 0 radical (unpaired) electrons. The van der Waals surface area contributed by atoms with Gasteiger partial charge in [-0.15, -0.1) is 0 Å². The lowest BCUT2D eigenvalue weighted by Crippen LogP contribution is -2.61. The molecule has 1 aliphatic carbocycles. The molecule has 1 aromatic carbocycles. The number of aromatic nitrogens is 2. The number of hydrogen-bond donors (Lipinski definition) is 1. The van der Waals surface area contributed by atoms with Gasteiger partial charge in [0.15, 0.2) is 0 Å². The molecule has 1 aliphatic heterocycles. The van der Waals surface area contributed by atoms with Crippen molar-refractivity contribution < 1.29 is 9.59 Å². The average Bonchev–Trinajstić information content (AvgIpc) is 3.48. The summed E-state index contributed by atoms with van der Waals surface area (Å²) in [6, 6.07) is 9.52. The third-order valence-electron chi connectivity index (χ3n) is 5.95. The molecule has 31 heavy (non-hydrogen) atoms. The highest BCUT2D eigenvalue weighted by molar-refractivity contribution is 5.97. The number of nitrogens with one attached hydrogen (secondary N) is 1. The van der Waals surface area contributed by atoms with Gasteiger partial charge < -0.3 is 10.2 Å². The van der Waals surface area contributed by atoms with Crippen molar-refractivity contribution >= 4 is 11.8 Å². The Morgan fingerprint density at radius 3 is 2.29 bits per heavy atom.